The van der Waals surface area contributed by atoms with Gasteiger partial charge in [-0.05, 0) is 36.4 Å². The van der Waals surface area contributed by atoms with Gasteiger partial charge in [0.2, 0.25) is 5.91 Å². The van der Waals surface area contributed by atoms with Crippen LogP contribution in [-0.2, 0) is 9.59 Å². The maximum Gasteiger partial charge on any atom is 0.260 e. The van der Waals surface area contributed by atoms with E-state index in [0.717, 1.165) is 29.2 Å². The summed E-state index contributed by atoms with van der Waals surface area (Å²) in [4.78, 5) is 31.2. The van der Waals surface area contributed by atoms with E-state index >= 15 is 0 Å². The van der Waals surface area contributed by atoms with Crippen molar-refractivity contribution in [3.8, 4) is 5.75 Å². The monoisotopic (exact) mass is 304 g/mol. The van der Waals surface area contributed by atoms with Gasteiger partial charge >= 0.3 is 0 Å². The van der Waals surface area contributed by atoms with Crippen molar-refractivity contribution in [2.75, 3.05) is 12.0 Å². The van der Waals surface area contributed by atoms with Gasteiger partial charge in [0.25, 0.3) is 5.91 Å². The number of amidine groups is 1. The Morgan fingerprint density at radius 1 is 1.38 bits per heavy atom. The molecule has 1 unspecified atom stereocenters. The summed E-state index contributed by atoms with van der Waals surface area (Å²) in [6.07, 6.45) is 2.37. The van der Waals surface area contributed by atoms with Gasteiger partial charge in [0.15, 0.2) is 5.17 Å². The van der Waals surface area contributed by atoms with Gasteiger partial charge in [-0.2, -0.15) is 4.99 Å². The molecule has 5 nitrogen and oxygen atoms in total. The second-order valence-corrected chi connectivity index (χ2v) is 6.05. The van der Waals surface area contributed by atoms with Crippen LogP contribution in [0.1, 0.15) is 26.2 Å². The van der Waals surface area contributed by atoms with E-state index in [9.17, 15) is 9.59 Å². The number of anilines is 1. The molecule has 0 N–H and O–H groups in total. The fourth-order valence-electron chi connectivity index (χ4n) is 2.51. The van der Waals surface area contributed by atoms with Crippen molar-refractivity contribution in [1.82, 2.24) is 0 Å². The molecule has 0 spiro atoms. The van der Waals surface area contributed by atoms with Crippen molar-refractivity contribution in [3.63, 3.8) is 0 Å². The van der Waals surface area contributed by atoms with Gasteiger partial charge in [0.05, 0.1) is 12.8 Å². The summed E-state index contributed by atoms with van der Waals surface area (Å²) in [6.45, 7) is 2.04. The molecule has 6 heteroatoms. The molecule has 2 aliphatic heterocycles. The maximum absolute atomic E-state index is 12.6. The van der Waals surface area contributed by atoms with Crippen molar-refractivity contribution in [1.29, 1.82) is 0 Å². The molecule has 1 aromatic rings. The molecule has 0 bridgehead atoms. The van der Waals surface area contributed by atoms with E-state index in [-0.39, 0.29) is 11.8 Å². The lowest BCUT2D eigenvalue weighted by Gasteiger charge is -2.25. The summed E-state index contributed by atoms with van der Waals surface area (Å²) in [7, 11) is 1.60. The van der Waals surface area contributed by atoms with Gasteiger partial charge < -0.3 is 4.74 Å². The number of thioether (sulfide) groups is 1. The lowest BCUT2D eigenvalue weighted by molar-refractivity contribution is -0.132. The molecule has 1 aromatic carbocycles. The van der Waals surface area contributed by atoms with Crippen LogP contribution in [-0.4, -0.2) is 24.1 Å². The fraction of sp³-hybridized carbons (Fsp3) is 0.400. The van der Waals surface area contributed by atoms with Crippen LogP contribution in [0.2, 0.25) is 0 Å². The highest BCUT2D eigenvalue weighted by atomic mass is 32.2. The van der Waals surface area contributed by atoms with E-state index in [4.69, 9.17) is 4.74 Å². The number of unbranched alkanes of at least 4 members (excludes halogenated alkanes) is 1. The number of ether oxygens (including phenoxy) is 1. The quantitative estimate of drug-likeness (QED) is 0.803. The number of hydrogen-bond acceptors (Lipinski definition) is 4. The number of methoxy groups -OCH3 is 1. The van der Waals surface area contributed by atoms with Crippen LogP contribution in [0.4, 0.5) is 5.69 Å². The first-order valence-electron chi connectivity index (χ1n) is 6.98. The predicted molar refractivity (Wildman–Crippen MR) is 81.8 cm³/mol. The third kappa shape index (κ3) is 2.33. The molecule has 0 aromatic heterocycles. The first kappa shape index (κ1) is 14.1. The highest BCUT2D eigenvalue weighted by molar-refractivity contribution is 8.15. The van der Waals surface area contributed by atoms with Crippen LogP contribution < -0.4 is 9.64 Å². The highest BCUT2D eigenvalue weighted by Gasteiger charge is 2.42. The average molecular weight is 304 g/mol. The van der Waals surface area contributed by atoms with Crippen LogP contribution in [0.5, 0.6) is 5.75 Å². The van der Waals surface area contributed by atoms with Crippen molar-refractivity contribution < 1.29 is 14.3 Å². The number of fused-ring (bicyclic) bond motifs is 3. The third-order valence-corrected chi connectivity index (χ3v) is 4.67. The molecular weight excluding hydrogens is 288 g/mol. The summed E-state index contributed by atoms with van der Waals surface area (Å²) in [6, 6.07) is 5.51. The Kier molecular flexibility index (Phi) is 3.71. The molecule has 3 rings (SSSR count). The minimum absolute atomic E-state index is 0.158. The molecule has 21 heavy (non-hydrogen) atoms. The van der Waals surface area contributed by atoms with Gasteiger partial charge in [-0.3, -0.25) is 14.5 Å². The van der Waals surface area contributed by atoms with Crippen LogP contribution in [0.25, 0.3) is 0 Å². The normalized spacial score (nSPS) is 20.2. The third-order valence-electron chi connectivity index (χ3n) is 3.67. The van der Waals surface area contributed by atoms with Gasteiger partial charge in [0, 0.05) is 4.90 Å². The lowest BCUT2D eigenvalue weighted by Crippen LogP contribution is -2.44. The van der Waals surface area contributed by atoms with Crippen LogP contribution in [0.15, 0.2) is 28.1 Å². The number of carbonyl (C=O) groups excluding carboxylic acids is 2. The highest BCUT2D eigenvalue weighted by Crippen LogP contribution is 2.44. The zero-order valence-corrected chi connectivity index (χ0v) is 12.8. The minimum Gasteiger partial charge on any atom is -0.497 e. The molecule has 1 atom stereocenters. The number of hydrogen-bond donors (Lipinski definition) is 0. The van der Waals surface area contributed by atoms with Gasteiger partial charge in [-0.15, -0.1) is 0 Å². The molecular formula is C15H16N2O3S. The largest absolute Gasteiger partial charge is 0.497 e. The minimum atomic E-state index is -0.637. The first-order valence-corrected chi connectivity index (χ1v) is 7.79. The number of nitrogens with zero attached hydrogens (tertiary/aromatic N) is 2. The molecule has 2 heterocycles. The average Bonchev–Trinajstić information content (AvgIpc) is 2.83. The molecule has 110 valence electrons. The number of rotatable bonds is 4. The van der Waals surface area contributed by atoms with E-state index in [1.54, 1.807) is 12.0 Å². The van der Waals surface area contributed by atoms with E-state index < -0.39 is 5.92 Å². The van der Waals surface area contributed by atoms with Crippen LogP contribution >= 0.6 is 11.8 Å². The number of carbonyl (C=O) groups is 2. The Hall–Kier alpha value is -1.82. The van der Waals surface area contributed by atoms with Gasteiger partial charge in [0.1, 0.15) is 11.7 Å². The molecule has 0 saturated carbocycles. The van der Waals surface area contributed by atoms with Crippen molar-refractivity contribution in [3.05, 3.63) is 18.2 Å². The van der Waals surface area contributed by atoms with E-state index in [1.807, 2.05) is 25.1 Å². The Morgan fingerprint density at radius 3 is 2.90 bits per heavy atom. The van der Waals surface area contributed by atoms with Crippen molar-refractivity contribution in [2.45, 2.75) is 31.1 Å². The van der Waals surface area contributed by atoms with Gasteiger partial charge in [-0.25, -0.2) is 0 Å². The Bertz CT molecular complexity index is 642. The Balaban J connectivity index is 1.96. The standard InChI is InChI=1S/C15H16N2O3S/c1-3-4-5-10-13(18)16-15-17(14(10)19)11-7-6-9(20-2)8-12(11)21-15/h6-8,10H,3-5H2,1-2H3. The summed E-state index contributed by atoms with van der Waals surface area (Å²) >= 11 is 1.34. The number of benzene rings is 1. The molecule has 2 aliphatic rings. The Morgan fingerprint density at radius 2 is 2.19 bits per heavy atom. The van der Waals surface area contributed by atoms with E-state index in [1.165, 1.54) is 11.8 Å². The Labute approximate surface area is 127 Å². The van der Waals surface area contributed by atoms with Crippen molar-refractivity contribution in [2.24, 2.45) is 10.9 Å². The lowest BCUT2D eigenvalue weighted by atomic mass is 9.98. The van der Waals surface area contributed by atoms with Crippen molar-refractivity contribution >= 4 is 34.4 Å². The number of amides is 2. The number of aliphatic imine (C=N–C) groups is 1. The summed E-state index contributed by atoms with van der Waals surface area (Å²) in [5.74, 6) is -0.382. The SMILES string of the molecule is CCCCC1C(=O)N=C2Sc3cc(OC)ccc3N2C1=O. The second kappa shape index (κ2) is 5.52. The summed E-state index contributed by atoms with van der Waals surface area (Å²) in [5.41, 5.74) is 0.790. The zero-order valence-electron chi connectivity index (χ0n) is 12.0. The smallest absolute Gasteiger partial charge is 0.260 e. The van der Waals surface area contributed by atoms with Gasteiger partial charge in [-0.1, -0.05) is 19.8 Å². The summed E-state index contributed by atoms with van der Waals surface area (Å²) in [5, 5.41) is 0.459. The molecule has 0 fully saturated rings. The molecule has 2 amide bonds. The molecule has 0 aliphatic carbocycles. The first-order chi connectivity index (χ1) is 10.2. The fourth-order valence-corrected chi connectivity index (χ4v) is 3.56. The maximum atomic E-state index is 12.6. The van der Waals surface area contributed by atoms with Crippen LogP contribution in [0.3, 0.4) is 0 Å². The van der Waals surface area contributed by atoms with E-state index in [0.29, 0.717) is 11.6 Å². The summed E-state index contributed by atoms with van der Waals surface area (Å²) < 4.78 is 5.19. The zero-order chi connectivity index (χ0) is 15.0. The molecule has 0 radical (unpaired) electrons. The van der Waals surface area contributed by atoms with E-state index in [2.05, 4.69) is 4.99 Å². The topological polar surface area (TPSA) is 59.0 Å². The van der Waals surface area contributed by atoms with Crippen LogP contribution in [0, 0.1) is 5.92 Å². The second-order valence-electron chi connectivity index (χ2n) is 5.04. The predicted octanol–water partition coefficient (Wildman–Crippen LogP) is 2.84. The molecule has 0 saturated heterocycles.